The van der Waals surface area contributed by atoms with Gasteiger partial charge in [-0.05, 0) is 88.4 Å². The summed E-state index contributed by atoms with van der Waals surface area (Å²) in [7, 11) is 5.13. The third-order valence-electron chi connectivity index (χ3n) is 9.25. The molecule has 1 heterocycles. The lowest BCUT2D eigenvalue weighted by Gasteiger charge is -2.33. The molecule has 0 fully saturated rings. The summed E-state index contributed by atoms with van der Waals surface area (Å²) in [6, 6.07) is 13.4. The molecule has 0 spiro atoms. The highest BCUT2D eigenvalue weighted by molar-refractivity contribution is 6.42. The molecular weight excluding hydrogens is 677 g/mol. The maximum atomic E-state index is 14.0. The summed E-state index contributed by atoms with van der Waals surface area (Å²) < 4.78 is 22.6. The number of aliphatic imine (C=N–C) groups is 1. The highest BCUT2D eigenvalue weighted by Gasteiger charge is 2.44. The van der Waals surface area contributed by atoms with E-state index in [0.29, 0.717) is 53.0 Å². The Hall–Kier alpha value is -3.58. The van der Waals surface area contributed by atoms with Gasteiger partial charge in [-0.2, -0.15) is 5.26 Å². The predicted molar refractivity (Wildman–Crippen MR) is 198 cm³/mol. The van der Waals surface area contributed by atoms with Crippen LogP contribution in [0.3, 0.4) is 0 Å². The molecular formula is C39H51Cl2N3O6. The molecule has 0 saturated carbocycles. The van der Waals surface area contributed by atoms with Crippen molar-refractivity contribution in [2.75, 3.05) is 41.0 Å². The molecule has 1 aliphatic heterocycles. The third kappa shape index (κ3) is 9.39. The van der Waals surface area contributed by atoms with Crippen molar-refractivity contribution in [1.29, 1.82) is 5.26 Å². The smallest absolute Gasteiger partial charge is 0.336 e. The van der Waals surface area contributed by atoms with Crippen LogP contribution in [0.5, 0.6) is 11.5 Å². The monoisotopic (exact) mass is 727 g/mol. The minimum absolute atomic E-state index is 0.0431. The van der Waals surface area contributed by atoms with Gasteiger partial charge in [0.05, 0.1) is 47.9 Å². The summed E-state index contributed by atoms with van der Waals surface area (Å²) in [5.74, 6) is -1.40. The maximum absolute atomic E-state index is 14.0. The number of likely N-dealkylation sites (N-methyl/N-ethyl adjacent to an activating group) is 1. The van der Waals surface area contributed by atoms with Gasteiger partial charge >= 0.3 is 11.9 Å². The van der Waals surface area contributed by atoms with Crippen LogP contribution in [0.1, 0.15) is 78.4 Å². The first-order valence-electron chi connectivity index (χ1n) is 17.0. The number of nitrogens with zero attached hydrogens (tertiary/aromatic N) is 3. The van der Waals surface area contributed by atoms with Crippen molar-refractivity contribution in [2.45, 2.75) is 78.7 Å². The van der Waals surface area contributed by atoms with E-state index >= 15 is 0 Å². The molecule has 11 heteroatoms. The minimum Gasteiger partial charge on any atom is -0.493 e. The second-order valence-corrected chi connectivity index (χ2v) is 14.5. The van der Waals surface area contributed by atoms with E-state index in [1.165, 1.54) is 0 Å². The van der Waals surface area contributed by atoms with E-state index in [9.17, 15) is 14.9 Å². The van der Waals surface area contributed by atoms with Crippen LogP contribution in [0.15, 0.2) is 52.7 Å². The van der Waals surface area contributed by atoms with E-state index < -0.39 is 35.3 Å². The normalized spacial score (nSPS) is 18.0. The van der Waals surface area contributed by atoms with Crippen LogP contribution in [0, 0.1) is 29.1 Å². The van der Waals surface area contributed by atoms with Crippen molar-refractivity contribution < 1.29 is 28.5 Å². The van der Waals surface area contributed by atoms with Gasteiger partial charge in [0.1, 0.15) is 12.0 Å². The molecule has 50 heavy (non-hydrogen) atoms. The van der Waals surface area contributed by atoms with Crippen LogP contribution >= 0.6 is 23.2 Å². The number of halogens is 2. The lowest BCUT2D eigenvalue weighted by molar-refractivity contribution is -0.148. The summed E-state index contributed by atoms with van der Waals surface area (Å²) in [5.41, 5.74) is 1.88. The van der Waals surface area contributed by atoms with Gasteiger partial charge in [0, 0.05) is 23.9 Å². The number of benzene rings is 2. The molecule has 0 aromatic heterocycles. The fourth-order valence-corrected chi connectivity index (χ4v) is 7.04. The summed E-state index contributed by atoms with van der Waals surface area (Å²) in [4.78, 5) is 34.2. The Morgan fingerprint density at radius 1 is 1.04 bits per heavy atom. The van der Waals surface area contributed by atoms with Crippen molar-refractivity contribution in [1.82, 2.24) is 4.90 Å². The molecule has 3 rings (SSSR count). The second-order valence-electron chi connectivity index (χ2n) is 13.8. The van der Waals surface area contributed by atoms with Gasteiger partial charge in [0.15, 0.2) is 11.5 Å². The van der Waals surface area contributed by atoms with E-state index in [4.69, 9.17) is 42.1 Å². The molecule has 4 atom stereocenters. The Bertz CT molecular complexity index is 1630. The molecule has 1 aliphatic rings. The Morgan fingerprint density at radius 3 is 2.32 bits per heavy atom. The van der Waals surface area contributed by atoms with Gasteiger partial charge in [-0.1, -0.05) is 69.1 Å². The highest BCUT2D eigenvalue weighted by atomic mass is 35.5. The lowest BCUT2D eigenvalue weighted by atomic mass is 9.69. The lowest BCUT2D eigenvalue weighted by Crippen LogP contribution is -2.38. The number of carbonyl (C=O) groups is 2. The largest absolute Gasteiger partial charge is 0.493 e. The number of nitriles is 1. The summed E-state index contributed by atoms with van der Waals surface area (Å²) in [6.07, 6.45) is 0.846. The van der Waals surface area contributed by atoms with E-state index in [1.807, 2.05) is 46.0 Å². The molecule has 9 nitrogen and oxygen atoms in total. The zero-order valence-electron chi connectivity index (χ0n) is 30.9. The molecule has 272 valence electrons. The van der Waals surface area contributed by atoms with Crippen molar-refractivity contribution in [3.63, 3.8) is 0 Å². The Kier molecular flexibility index (Phi) is 14.8. The SMILES string of the molecule is COc1ccc(C(C#N)(CCCN(C)CC(C)OC(=O)C2=C(C)N=C(C)C(C(=O)OCC(C)C)C2c2cccc(Cl)c2Cl)C(C)C)cc1OC. The van der Waals surface area contributed by atoms with Crippen LogP contribution in [-0.4, -0.2) is 69.6 Å². The number of allylic oxidation sites excluding steroid dienone is 1. The Balaban J connectivity index is 1.78. The summed E-state index contributed by atoms with van der Waals surface area (Å²) in [5, 5.41) is 11.0. The standard InChI is InChI=1S/C39H51Cl2N3O6/c1-23(2)21-49-37(45)33-26(6)43-27(7)34(35(33)29-13-11-14-30(40)36(29)41)38(46)50-25(5)20-44(8)18-12-17-39(22-42,24(3)4)28-15-16-31(47-9)32(19-28)48-10/h11,13-16,19,23-25,33,35H,12,17-18,20-21H2,1-10H3. The molecule has 0 amide bonds. The molecule has 0 saturated heterocycles. The summed E-state index contributed by atoms with van der Waals surface area (Å²) in [6.45, 7) is 14.7. The van der Waals surface area contributed by atoms with Gasteiger partial charge in [-0.3, -0.25) is 9.79 Å². The van der Waals surface area contributed by atoms with Crippen LogP contribution in [0.2, 0.25) is 10.0 Å². The maximum Gasteiger partial charge on any atom is 0.336 e. The van der Waals surface area contributed by atoms with Gasteiger partial charge < -0.3 is 23.8 Å². The van der Waals surface area contributed by atoms with Crippen LogP contribution in [0.25, 0.3) is 0 Å². The number of hydrogen-bond acceptors (Lipinski definition) is 9. The van der Waals surface area contributed by atoms with Crippen molar-refractivity contribution in [3.05, 3.63) is 68.8 Å². The molecule has 2 aromatic rings. The van der Waals surface area contributed by atoms with E-state index in [2.05, 4.69) is 29.8 Å². The first kappa shape index (κ1) is 40.8. The molecule has 0 radical (unpaired) electrons. The van der Waals surface area contributed by atoms with Crippen LogP contribution in [-0.2, 0) is 24.5 Å². The third-order valence-corrected chi connectivity index (χ3v) is 10.1. The van der Waals surface area contributed by atoms with Gasteiger partial charge in [-0.25, -0.2) is 4.79 Å². The quantitative estimate of drug-likeness (QED) is 0.159. The first-order valence-corrected chi connectivity index (χ1v) is 17.8. The van der Waals surface area contributed by atoms with Gasteiger partial charge in [0.2, 0.25) is 0 Å². The molecule has 4 unspecified atom stereocenters. The highest BCUT2D eigenvalue weighted by Crippen LogP contribution is 2.45. The number of methoxy groups -OCH3 is 2. The Morgan fingerprint density at radius 2 is 1.72 bits per heavy atom. The zero-order valence-corrected chi connectivity index (χ0v) is 32.4. The molecule has 2 aromatic carbocycles. The fourth-order valence-electron chi connectivity index (χ4n) is 6.61. The van der Waals surface area contributed by atoms with Crippen LogP contribution < -0.4 is 9.47 Å². The molecule has 0 aliphatic carbocycles. The minimum atomic E-state index is -0.888. The summed E-state index contributed by atoms with van der Waals surface area (Å²) >= 11 is 13.1. The fraction of sp³-hybridized carbons (Fsp3) is 0.538. The topological polar surface area (TPSA) is 110 Å². The van der Waals surface area contributed by atoms with E-state index in [0.717, 1.165) is 12.0 Å². The van der Waals surface area contributed by atoms with E-state index in [1.54, 1.807) is 46.3 Å². The van der Waals surface area contributed by atoms with Crippen molar-refractivity contribution in [2.24, 2.45) is 22.7 Å². The zero-order chi connectivity index (χ0) is 37.3. The van der Waals surface area contributed by atoms with Crippen LogP contribution in [0.4, 0.5) is 0 Å². The van der Waals surface area contributed by atoms with Crippen molar-refractivity contribution >= 4 is 40.9 Å². The van der Waals surface area contributed by atoms with E-state index in [-0.39, 0.29) is 29.0 Å². The molecule has 0 N–H and O–H groups in total. The number of carbonyl (C=O) groups excluding carboxylic acids is 2. The number of esters is 2. The average Bonchev–Trinajstić information content (AvgIpc) is 3.05. The van der Waals surface area contributed by atoms with Gasteiger partial charge in [0.25, 0.3) is 0 Å². The predicted octanol–water partition coefficient (Wildman–Crippen LogP) is 8.42. The molecule has 0 bridgehead atoms. The van der Waals surface area contributed by atoms with Gasteiger partial charge in [-0.15, -0.1) is 0 Å². The second kappa shape index (κ2) is 18.1. The number of hydrogen-bond donors (Lipinski definition) is 0. The van der Waals surface area contributed by atoms with Crippen molar-refractivity contribution in [3.8, 4) is 17.6 Å². The first-order chi connectivity index (χ1) is 23.6. The number of ether oxygens (including phenoxy) is 4. The Labute approximate surface area is 307 Å². The average molecular weight is 729 g/mol. The number of rotatable bonds is 16.